The van der Waals surface area contributed by atoms with Gasteiger partial charge in [-0.1, -0.05) is 0 Å². The molecule has 19 heteroatoms. The number of aromatic amines is 1. The first kappa shape index (κ1) is 26.3. The van der Waals surface area contributed by atoms with Gasteiger partial charge in [0.05, 0.1) is 6.61 Å². The third-order valence-electron chi connectivity index (χ3n) is 3.81. The van der Waals surface area contributed by atoms with Crippen molar-refractivity contribution in [2.75, 3.05) is 13.2 Å². The fourth-order valence-electron chi connectivity index (χ4n) is 2.64. The Morgan fingerprint density at radius 3 is 2.39 bits per heavy atom. The number of ether oxygens (including phenoxy) is 2. The van der Waals surface area contributed by atoms with Gasteiger partial charge in [0.25, 0.3) is 5.56 Å². The Bertz CT molecular complexity index is 1050. The summed E-state index contributed by atoms with van der Waals surface area (Å²) in [6.45, 7) is 3.14. The third-order valence-corrected chi connectivity index (χ3v) is 7.67. The van der Waals surface area contributed by atoms with Crippen molar-refractivity contribution in [3.05, 3.63) is 32.6 Å². The summed E-state index contributed by atoms with van der Waals surface area (Å²) in [5, 5.41) is 0. The highest BCUT2D eigenvalue weighted by Gasteiger charge is 2.46. The number of aryl methyl sites for hydroxylation is 1. The van der Waals surface area contributed by atoms with Crippen LogP contribution in [0.25, 0.3) is 0 Å². The normalized spacial score (nSPS) is 25.8. The molecule has 1 aliphatic heterocycles. The maximum atomic E-state index is 12.1. The summed E-state index contributed by atoms with van der Waals surface area (Å²) in [6, 6.07) is 0. The van der Waals surface area contributed by atoms with Crippen LogP contribution in [0.3, 0.4) is 0 Å². The maximum absolute atomic E-state index is 12.1. The Kier molecular flexibility index (Phi) is 8.37. The molecule has 5 atom stereocenters. The SMILES string of the molecule is CCOC[C@H]1O[C@@H](n2cc(C)c(=O)[nH]c2=O)C[C@@H]1OP(=O)(O)OP(=O)(O)OP(=O)(O)O. The number of hydrogen-bond donors (Lipinski definition) is 5. The highest BCUT2D eigenvalue weighted by Crippen LogP contribution is 2.67. The molecule has 31 heavy (non-hydrogen) atoms. The van der Waals surface area contributed by atoms with Gasteiger partial charge in [0.1, 0.15) is 18.4 Å². The van der Waals surface area contributed by atoms with Crippen LogP contribution >= 0.6 is 23.5 Å². The zero-order valence-electron chi connectivity index (χ0n) is 16.1. The predicted molar refractivity (Wildman–Crippen MR) is 99.8 cm³/mol. The quantitative estimate of drug-likeness (QED) is 0.258. The minimum Gasteiger partial charge on any atom is -0.379 e. The number of nitrogens with zero attached hydrogens (tertiary/aromatic N) is 1. The van der Waals surface area contributed by atoms with E-state index in [1.807, 2.05) is 0 Å². The summed E-state index contributed by atoms with van der Waals surface area (Å²) < 4.78 is 58.4. The van der Waals surface area contributed by atoms with Crippen molar-refractivity contribution in [1.29, 1.82) is 0 Å². The van der Waals surface area contributed by atoms with E-state index in [1.54, 1.807) is 6.92 Å². The molecular weight excluding hydrogens is 489 g/mol. The van der Waals surface area contributed by atoms with Crippen molar-refractivity contribution in [2.45, 2.75) is 38.7 Å². The molecule has 0 bridgehead atoms. The Hall–Kier alpha value is -0.990. The minimum atomic E-state index is -5.69. The standard InChI is InChI=1S/C12H21N2O14P3/c1-3-24-6-9-8(26-30(20,21)28-31(22,23)27-29(17,18)19)4-10(25-9)14-5-7(2)11(15)13-12(14)16/h5,8-10H,3-4,6H2,1-2H3,(H,20,21)(H,22,23)(H,13,15,16)(H2,17,18,19)/t8-,9+,10+/m0/s1. The van der Waals surface area contributed by atoms with Gasteiger partial charge < -0.3 is 29.0 Å². The van der Waals surface area contributed by atoms with Crippen LogP contribution in [0.2, 0.25) is 0 Å². The minimum absolute atomic E-state index is 0.176. The molecule has 178 valence electrons. The van der Waals surface area contributed by atoms with Crippen LogP contribution in [0, 0.1) is 6.92 Å². The molecule has 0 spiro atoms. The first-order valence-corrected chi connectivity index (χ1v) is 13.0. The molecule has 0 aliphatic carbocycles. The van der Waals surface area contributed by atoms with Crippen LogP contribution in [0.15, 0.2) is 15.8 Å². The molecule has 2 unspecified atom stereocenters. The molecular formula is C12H21N2O14P3. The number of phosphoric ester groups is 1. The van der Waals surface area contributed by atoms with Crippen molar-refractivity contribution >= 4 is 23.5 Å². The summed E-state index contributed by atoms with van der Waals surface area (Å²) in [5.74, 6) is 0. The topological polar surface area (TPSA) is 233 Å². The molecule has 0 radical (unpaired) electrons. The molecule has 2 rings (SSSR count). The van der Waals surface area contributed by atoms with E-state index >= 15 is 0 Å². The highest BCUT2D eigenvalue weighted by atomic mass is 31.3. The Morgan fingerprint density at radius 2 is 1.81 bits per heavy atom. The zero-order chi connectivity index (χ0) is 23.6. The van der Waals surface area contributed by atoms with Crippen LogP contribution in [0.1, 0.15) is 25.1 Å². The second-order valence-corrected chi connectivity index (χ2v) is 10.6. The van der Waals surface area contributed by atoms with Crippen molar-refractivity contribution in [3.63, 3.8) is 0 Å². The van der Waals surface area contributed by atoms with Crippen LogP contribution in [-0.4, -0.2) is 54.5 Å². The number of rotatable bonds is 10. The van der Waals surface area contributed by atoms with E-state index in [-0.39, 0.29) is 25.2 Å². The molecule has 1 aromatic heterocycles. The molecule has 0 aromatic carbocycles. The smallest absolute Gasteiger partial charge is 0.379 e. The van der Waals surface area contributed by atoms with Crippen LogP contribution in [0.5, 0.6) is 0 Å². The van der Waals surface area contributed by atoms with Gasteiger partial charge in [-0.3, -0.25) is 18.9 Å². The second kappa shape index (κ2) is 9.87. The molecule has 1 saturated heterocycles. The second-order valence-electron chi connectivity index (χ2n) is 6.24. The lowest BCUT2D eigenvalue weighted by Crippen LogP contribution is -2.33. The fourth-order valence-corrected chi connectivity index (χ4v) is 5.86. The van der Waals surface area contributed by atoms with Crippen molar-refractivity contribution < 1.29 is 55.9 Å². The molecule has 0 saturated carbocycles. The third kappa shape index (κ3) is 7.82. The Labute approximate surface area is 174 Å². The van der Waals surface area contributed by atoms with Crippen LogP contribution in [0.4, 0.5) is 0 Å². The number of nitrogens with one attached hydrogen (secondary N) is 1. The molecule has 1 aromatic rings. The van der Waals surface area contributed by atoms with E-state index in [2.05, 4.69) is 13.6 Å². The van der Waals surface area contributed by atoms with Gasteiger partial charge >= 0.3 is 29.2 Å². The number of aromatic nitrogens is 2. The lowest BCUT2D eigenvalue weighted by molar-refractivity contribution is -0.0607. The summed E-state index contributed by atoms with van der Waals surface area (Å²) in [7, 11) is -16.7. The lowest BCUT2D eigenvalue weighted by atomic mass is 10.2. The molecule has 5 N–H and O–H groups in total. The fraction of sp³-hybridized carbons (Fsp3) is 0.667. The van der Waals surface area contributed by atoms with Gasteiger partial charge in [0, 0.05) is 24.8 Å². The van der Waals surface area contributed by atoms with Gasteiger partial charge in [0.2, 0.25) is 0 Å². The van der Waals surface area contributed by atoms with E-state index in [9.17, 15) is 33.1 Å². The zero-order valence-corrected chi connectivity index (χ0v) is 18.8. The van der Waals surface area contributed by atoms with Gasteiger partial charge in [-0.15, -0.1) is 0 Å². The summed E-state index contributed by atoms with van der Waals surface area (Å²) in [6.07, 6.45) is -2.52. The van der Waals surface area contributed by atoms with Crippen molar-refractivity contribution in [1.82, 2.24) is 9.55 Å². The van der Waals surface area contributed by atoms with Gasteiger partial charge in [-0.25, -0.2) is 18.5 Å². The molecule has 2 heterocycles. The number of hydrogen-bond acceptors (Lipinski definition) is 10. The lowest BCUT2D eigenvalue weighted by Gasteiger charge is -2.22. The first-order valence-electron chi connectivity index (χ1n) is 8.50. The average molecular weight is 510 g/mol. The highest BCUT2D eigenvalue weighted by molar-refractivity contribution is 7.66. The predicted octanol–water partition coefficient (Wildman–Crippen LogP) is -0.119. The van der Waals surface area contributed by atoms with Gasteiger partial charge in [-0.2, -0.15) is 8.62 Å². The van der Waals surface area contributed by atoms with E-state index in [4.69, 9.17) is 23.8 Å². The molecule has 0 amide bonds. The molecule has 1 aliphatic rings. The van der Waals surface area contributed by atoms with Crippen molar-refractivity contribution in [2.24, 2.45) is 0 Å². The van der Waals surface area contributed by atoms with Gasteiger partial charge in [0.15, 0.2) is 0 Å². The van der Waals surface area contributed by atoms with E-state index in [0.717, 1.165) is 4.57 Å². The maximum Gasteiger partial charge on any atom is 0.490 e. The average Bonchev–Trinajstić information content (AvgIpc) is 2.94. The van der Waals surface area contributed by atoms with E-state index in [1.165, 1.54) is 13.1 Å². The summed E-state index contributed by atoms with van der Waals surface area (Å²) in [4.78, 5) is 61.9. The Balaban J connectivity index is 2.22. The van der Waals surface area contributed by atoms with E-state index < -0.39 is 53.2 Å². The number of phosphoric acid groups is 3. The number of H-pyrrole nitrogens is 1. The Morgan fingerprint density at radius 1 is 1.16 bits per heavy atom. The molecule has 16 nitrogen and oxygen atoms in total. The monoisotopic (exact) mass is 510 g/mol. The van der Waals surface area contributed by atoms with Gasteiger partial charge in [-0.05, 0) is 13.8 Å². The molecule has 1 fully saturated rings. The summed E-state index contributed by atoms with van der Waals surface area (Å²) in [5.41, 5.74) is -1.26. The summed E-state index contributed by atoms with van der Waals surface area (Å²) >= 11 is 0. The largest absolute Gasteiger partial charge is 0.490 e. The van der Waals surface area contributed by atoms with Crippen LogP contribution < -0.4 is 11.2 Å². The van der Waals surface area contributed by atoms with Crippen molar-refractivity contribution in [3.8, 4) is 0 Å². The first-order chi connectivity index (χ1) is 14.1. The van der Waals surface area contributed by atoms with Crippen LogP contribution in [-0.2, 0) is 36.3 Å². The van der Waals surface area contributed by atoms with E-state index in [0.29, 0.717) is 0 Å².